The number of sulfone groups is 1. The normalized spacial score (nSPS) is 29.1. The second-order valence-electron chi connectivity index (χ2n) is 8.54. The van der Waals surface area contributed by atoms with E-state index in [2.05, 4.69) is 38.4 Å². The molecule has 3 heterocycles. The minimum atomic E-state index is -2.95. The second kappa shape index (κ2) is 5.77. The fourth-order valence-corrected chi connectivity index (χ4v) is 7.21. The number of aromatic nitrogens is 5. The number of rotatable bonds is 5. The van der Waals surface area contributed by atoms with Crippen LogP contribution in [0.3, 0.4) is 0 Å². The molecule has 0 aromatic carbocycles. The van der Waals surface area contributed by atoms with Crippen molar-refractivity contribution in [2.75, 3.05) is 5.75 Å². The first kappa shape index (κ1) is 17.2. The van der Waals surface area contributed by atoms with Gasteiger partial charge in [-0.05, 0) is 43.6 Å². The highest BCUT2D eigenvalue weighted by Crippen LogP contribution is 2.50. The first-order valence-corrected chi connectivity index (χ1v) is 11.5. The summed E-state index contributed by atoms with van der Waals surface area (Å²) in [4.78, 5) is 7.55. The number of hydrogen-bond donors (Lipinski definition) is 1. The first-order valence-electron chi connectivity index (χ1n) is 9.81. The topological polar surface area (TPSA) is 93.0 Å². The van der Waals surface area contributed by atoms with Crippen LogP contribution in [0.4, 0.5) is 0 Å². The van der Waals surface area contributed by atoms with Gasteiger partial charge in [0.1, 0.15) is 5.82 Å². The van der Waals surface area contributed by atoms with Gasteiger partial charge in [-0.15, -0.1) is 10.2 Å². The molecule has 144 valence electrons. The summed E-state index contributed by atoms with van der Waals surface area (Å²) >= 11 is 0. The van der Waals surface area contributed by atoms with Crippen LogP contribution < -0.4 is 0 Å². The Morgan fingerprint density at radius 1 is 1.33 bits per heavy atom. The second-order valence-corrected chi connectivity index (χ2v) is 10.9. The van der Waals surface area contributed by atoms with Crippen molar-refractivity contribution in [3.05, 3.63) is 24.3 Å². The standard InChI is InChI=1S/C19H25N5O2S/c1-3-13-8-12(11-27(25,26)14-4-5-14)9-19(13,2)18-23-22-16-10-21-17-15(24(16)18)6-7-20-17/h6-7,10,12-14,20H,3-5,8-9,11H2,1-2H3/t12-,13+,19+/m1/s1. The Labute approximate surface area is 158 Å². The van der Waals surface area contributed by atoms with Crippen molar-refractivity contribution in [1.82, 2.24) is 24.6 Å². The summed E-state index contributed by atoms with van der Waals surface area (Å²) in [6.07, 6.45) is 8.09. The average molecular weight is 388 g/mol. The maximum absolute atomic E-state index is 12.5. The van der Waals surface area contributed by atoms with E-state index < -0.39 is 9.84 Å². The summed E-state index contributed by atoms with van der Waals surface area (Å²) in [5.74, 6) is 1.84. The van der Waals surface area contributed by atoms with Gasteiger partial charge in [0.05, 0.1) is 22.7 Å². The molecule has 3 aromatic heterocycles. The van der Waals surface area contributed by atoms with Crippen LogP contribution in [0.2, 0.25) is 0 Å². The van der Waals surface area contributed by atoms with Gasteiger partial charge in [-0.3, -0.25) is 4.40 Å². The number of aromatic amines is 1. The van der Waals surface area contributed by atoms with Gasteiger partial charge in [-0.1, -0.05) is 20.3 Å². The van der Waals surface area contributed by atoms with Gasteiger partial charge in [0.25, 0.3) is 0 Å². The zero-order valence-corrected chi connectivity index (χ0v) is 16.5. The van der Waals surface area contributed by atoms with Gasteiger partial charge in [-0.25, -0.2) is 13.4 Å². The minimum absolute atomic E-state index is 0.0797. The van der Waals surface area contributed by atoms with Crippen molar-refractivity contribution in [3.63, 3.8) is 0 Å². The first-order chi connectivity index (χ1) is 12.9. The van der Waals surface area contributed by atoms with Crippen molar-refractivity contribution < 1.29 is 8.42 Å². The summed E-state index contributed by atoms with van der Waals surface area (Å²) in [5.41, 5.74) is 2.33. The Morgan fingerprint density at radius 3 is 2.89 bits per heavy atom. The molecule has 2 aliphatic carbocycles. The Morgan fingerprint density at radius 2 is 2.15 bits per heavy atom. The molecule has 0 spiro atoms. The van der Waals surface area contributed by atoms with Crippen LogP contribution in [-0.4, -0.2) is 44.0 Å². The lowest BCUT2D eigenvalue weighted by atomic mass is 9.77. The van der Waals surface area contributed by atoms with Crippen LogP contribution in [0.5, 0.6) is 0 Å². The Kier molecular flexibility index (Phi) is 3.67. The van der Waals surface area contributed by atoms with Crippen molar-refractivity contribution in [1.29, 1.82) is 0 Å². The fourth-order valence-electron chi connectivity index (χ4n) is 5.17. The van der Waals surface area contributed by atoms with Crippen molar-refractivity contribution >= 4 is 26.6 Å². The molecule has 5 rings (SSSR count). The molecule has 3 aromatic rings. The van der Waals surface area contributed by atoms with E-state index >= 15 is 0 Å². The third-order valence-electron chi connectivity index (χ3n) is 6.68. The van der Waals surface area contributed by atoms with Gasteiger partial charge >= 0.3 is 0 Å². The van der Waals surface area contributed by atoms with Crippen LogP contribution >= 0.6 is 0 Å². The molecule has 1 N–H and O–H groups in total. The lowest BCUT2D eigenvalue weighted by Crippen LogP contribution is -2.29. The maximum Gasteiger partial charge on any atom is 0.179 e. The SMILES string of the molecule is CC[C@H]1C[C@@H](CS(=O)(=O)C2CC2)C[C@]1(C)c1nnc2cnc3[nH]ccc3n12. The molecule has 0 saturated heterocycles. The Bertz CT molecular complexity index is 1110. The molecular formula is C19H25N5O2S. The van der Waals surface area contributed by atoms with Crippen molar-refractivity contribution in [2.24, 2.45) is 11.8 Å². The maximum atomic E-state index is 12.5. The molecule has 2 fully saturated rings. The van der Waals surface area contributed by atoms with Gasteiger partial charge in [0.15, 0.2) is 21.1 Å². The van der Waals surface area contributed by atoms with E-state index in [9.17, 15) is 8.42 Å². The average Bonchev–Trinajstić information content (AvgIpc) is 3.11. The molecule has 27 heavy (non-hydrogen) atoms. The van der Waals surface area contributed by atoms with E-state index in [-0.39, 0.29) is 16.6 Å². The molecule has 0 amide bonds. The van der Waals surface area contributed by atoms with Gasteiger partial charge in [0.2, 0.25) is 0 Å². The predicted octanol–water partition coefficient (Wildman–Crippen LogP) is 2.88. The monoisotopic (exact) mass is 387 g/mol. The molecule has 0 unspecified atom stereocenters. The van der Waals surface area contributed by atoms with E-state index in [1.165, 1.54) is 0 Å². The number of nitrogens with one attached hydrogen (secondary N) is 1. The largest absolute Gasteiger partial charge is 0.345 e. The highest BCUT2D eigenvalue weighted by molar-refractivity contribution is 7.92. The molecule has 3 atom stereocenters. The van der Waals surface area contributed by atoms with E-state index in [0.29, 0.717) is 11.7 Å². The quantitative estimate of drug-likeness (QED) is 0.727. The van der Waals surface area contributed by atoms with Crippen LogP contribution in [0.25, 0.3) is 16.8 Å². The number of hydrogen-bond acceptors (Lipinski definition) is 5. The number of H-pyrrole nitrogens is 1. The molecule has 0 bridgehead atoms. The summed E-state index contributed by atoms with van der Waals surface area (Å²) < 4.78 is 27.2. The van der Waals surface area contributed by atoms with E-state index in [1.54, 1.807) is 6.20 Å². The van der Waals surface area contributed by atoms with Crippen molar-refractivity contribution in [3.8, 4) is 0 Å². The number of nitrogens with zero attached hydrogens (tertiary/aromatic N) is 4. The van der Waals surface area contributed by atoms with Crippen LogP contribution in [0, 0.1) is 11.8 Å². The molecular weight excluding hydrogens is 362 g/mol. The zero-order chi connectivity index (χ0) is 18.8. The van der Waals surface area contributed by atoms with Crippen LogP contribution in [0.1, 0.15) is 51.8 Å². The van der Waals surface area contributed by atoms with E-state index in [4.69, 9.17) is 0 Å². The van der Waals surface area contributed by atoms with Gasteiger partial charge in [0, 0.05) is 11.6 Å². The molecule has 0 radical (unpaired) electrons. The summed E-state index contributed by atoms with van der Waals surface area (Å²) in [7, 11) is -2.95. The molecule has 0 aliphatic heterocycles. The molecule has 7 nitrogen and oxygen atoms in total. The summed E-state index contributed by atoms with van der Waals surface area (Å²) in [6, 6.07) is 2.00. The highest BCUT2D eigenvalue weighted by Gasteiger charge is 2.49. The third kappa shape index (κ3) is 2.60. The number of fused-ring (bicyclic) bond motifs is 3. The van der Waals surface area contributed by atoms with E-state index in [1.807, 2.05) is 12.3 Å². The Hall–Kier alpha value is -1.96. The lowest BCUT2D eigenvalue weighted by molar-refractivity contribution is 0.315. The summed E-state index contributed by atoms with van der Waals surface area (Å²) in [6.45, 7) is 4.43. The highest BCUT2D eigenvalue weighted by atomic mass is 32.2. The molecule has 8 heteroatoms. The van der Waals surface area contributed by atoms with E-state index in [0.717, 1.165) is 54.7 Å². The zero-order valence-electron chi connectivity index (χ0n) is 15.7. The third-order valence-corrected chi connectivity index (χ3v) is 9.10. The molecule has 2 saturated carbocycles. The van der Waals surface area contributed by atoms with Gasteiger partial charge < -0.3 is 4.98 Å². The van der Waals surface area contributed by atoms with Crippen LogP contribution in [-0.2, 0) is 15.3 Å². The molecule has 2 aliphatic rings. The smallest absolute Gasteiger partial charge is 0.179 e. The van der Waals surface area contributed by atoms with Crippen molar-refractivity contribution in [2.45, 2.75) is 56.6 Å². The fraction of sp³-hybridized carbons (Fsp3) is 0.632. The lowest BCUT2D eigenvalue weighted by Gasteiger charge is -2.29. The van der Waals surface area contributed by atoms with Gasteiger partial charge in [-0.2, -0.15) is 0 Å². The predicted molar refractivity (Wildman–Crippen MR) is 103 cm³/mol. The Balaban J connectivity index is 1.56. The van der Waals surface area contributed by atoms with Crippen LogP contribution in [0.15, 0.2) is 18.5 Å². The summed E-state index contributed by atoms with van der Waals surface area (Å²) in [5, 5.41) is 8.85. The minimum Gasteiger partial charge on any atom is -0.345 e.